The van der Waals surface area contributed by atoms with Crippen molar-refractivity contribution in [2.75, 3.05) is 37.2 Å². The predicted octanol–water partition coefficient (Wildman–Crippen LogP) is 1.78. The number of likely N-dealkylation sites (tertiary alicyclic amines) is 1. The van der Waals surface area contributed by atoms with E-state index < -0.39 is 10.0 Å². The van der Waals surface area contributed by atoms with Crippen LogP contribution >= 0.6 is 11.6 Å². The van der Waals surface area contributed by atoms with E-state index in [0.717, 1.165) is 32.2 Å². The average Bonchev–Trinajstić information content (AvgIpc) is 2.86. The second-order valence-corrected chi connectivity index (χ2v) is 8.80. The number of benzene rings is 1. The third-order valence-electron chi connectivity index (χ3n) is 4.81. The van der Waals surface area contributed by atoms with Crippen LogP contribution in [-0.2, 0) is 10.0 Å². The van der Waals surface area contributed by atoms with Crippen LogP contribution in [0.1, 0.15) is 23.2 Å². The van der Waals surface area contributed by atoms with Gasteiger partial charge in [0, 0.05) is 18.1 Å². The van der Waals surface area contributed by atoms with E-state index in [2.05, 4.69) is 10.0 Å². The Kier molecular flexibility index (Phi) is 5.03. The molecule has 0 bridgehead atoms. The van der Waals surface area contributed by atoms with Gasteiger partial charge in [0.1, 0.15) is 0 Å². The van der Waals surface area contributed by atoms with Gasteiger partial charge in [0.2, 0.25) is 10.0 Å². The molecule has 1 amide bonds. The van der Waals surface area contributed by atoms with Crippen LogP contribution in [0.2, 0.25) is 5.02 Å². The van der Waals surface area contributed by atoms with Crippen molar-refractivity contribution in [3.05, 3.63) is 28.8 Å². The maximum absolute atomic E-state index is 12.9. The van der Waals surface area contributed by atoms with Gasteiger partial charge >= 0.3 is 0 Å². The van der Waals surface area contributed by atoms with Crippen molar-refractivity contribution < 1.29 is 13.2 Å². The number of anilines is 1. The molecule has 2 fully saturated rings. The Morgan fingerprint density at radius 3 is 2.46 bits per heavy atom. The molecule has 0 radical (unpaired) electrons. The molecule has 0 aromatic heterocycles. The first-order chi connectivity index (χ1) is 11.3. The van der Waals surface area contributed by atoms with Crippen molar-refractivity contribution in [2.24, 2.45) is 11.8 Å². The average molecular weight is 372 g/mol. The van der Waals surface area contributed by atoms with Crippen LogP contribution in [0.25, 0.3) is 0 Å². The lowest BCUT2D eigenvalue weighted by Gasteiger charge is -2.22. The van der Waals surface area contributed by atoms with Crippen LogP contribution in [0.4, 0.5) is 5.69 Å². The van der Waals surface area contributed by atoms with Gasteiger partial charge < -0.3 is 10.2 Å². The Bertz CT molecular complexity index is 724. The van der Waals surface area contributed by atoms with Crippen molar-refractivity contribution in [2.45, 2.75) is 12.8 Å². The summed E-state index contributed by atoms with van der Waals surface area (Å²) in [6.45, 7) is 3.41. The second kappa shape index (κ2) is 6.90. The van der Waals surface area contributed by atoms with Crippen LogP contribution in [-0.4, -0.2) is 51.7 Å². The molecule has 3 rings (SSSR count). The molecule has 0 unspecified atom stereocenters. The Labute approximate surface area is 147 Å². The van der Waals surface area contributed by atoms with E-state index >= 15 is 0 Å². The normalized spacial score (nSPS) is 24.3. The summed E-state index contributed by atoms with van der Waals surface area (Å²) in [4.78, 5) is 14.8. The lowest BCUT2D eigenvalue weighted by atomic mass is 9.92. The number of rotatable bonds is 3. The number of carbonyl (C=O) groups is 1. The zero-order valence-corrected chi connectivity index (χ0v) is 15.2. The van der Waals surface area contributed by atoms with Gasteiger partial charge in [-0.2, -0.15) is 0 Å². The fraction of sp³-hybridized carbons (Fsp3) is 0.562. The van der Waals surface area contributed by atoms with Gasteiger partial charge in [-0.15, -0.1) is 0 Å². The van der Waals surface area contributed by atoms with Crippen LogP contribution < -0.4 is 10.0 Å². The minimum atomic E-state index is -3.47. The fourth-order valence-electron chi connectivity index (χ4n) is 3.57. The van der Waals surface area contributed by atoms with Crippen LogP contribution in [0, 0.1) is 11.8 Å². The minimum Gasteiger partial charge on any atom is -0.339 e. The lowest BCUT2D eigenvalue weighted by Crippen LogP contribution is -2.33. The van der Waals surface area contributed by atoms with E-state index in [-0.39, 0.29) is 11.6 Å². The largest absolute Gasteiger partial charge is 0.339 e. The third-order valence-corrected chi connectivity index (χ3v) is 5.64. The number of nitrogens with one attached hydrogen (secondary N) is 2. The van der Waals surface area contributed by atoms with E-state index in [0.29, 0.717) is 35.5 Å². The molecule has 6 nitrogen and oxygen atoms in total. The zero-order chi connectivity index (χ0) is 17.3. The Morgan fingerprint density at radius 1 is 1.25 bits per heavy atom. The number of carbonyl (C=O) groups excluding carboxylic acids is 1. The number of halogens is 1. The number of amides is 1. The summed E-state index contributed by atoms with van der Waals surface area (Å²) in [6.07, 6.45) is 3.01. The smallest absolute Gasteiger partial charge is 0.256 e. The number of hydrogen-bond donors (Lipinski definition) is 2. The molecule has 132 valence electrons. The topological polar surface area (TPSA) is 78.5 Å². The lowest BCUT2D eigenvalue weighted by molar-refractivity contribution is 0.0759. The summed E-state index contributed by atoms with van der Waals surface area (Å²) in [7, 11) is -3.47. The quantitative estimate of drug-likeness (QED) is 0.849. The molecular formula is C16H22ClN3O3S. The molecule has 0 spiro atoms. The fourth-order valence-corrected chi connectivity index (χ4v) is 4.32. The first kappa shape index (κ1) is 17.5. The van der Waals surface area contributed by atoms with Crippen LogP contribution in [0.15, 0.2) is 18.2 Å². The first-order valence-electron chi connectivity index (χ1n) is 8.11. The van der Waals surface area contributed by atoms with Crippen molar-refractivity contribution in [1.29, 1.82) is 0 Å². The molecule has 2 saturated heterocycles. The highest BCUT2D eigenvalue weighted by Crippen LogP contribution is 2.29. The molecule has 24 heavy (non-hydrogen) atoms. The summed E-state index contributed by atoms with van der Waals surface area (Å²) in [5.74, 6) is 1.07. The van der Waals surface area contributed by atoms with Crippen molar-refractivity contribution >= 4 is 33.2 Å². The molecule has 1 aromatic rings. The zero-order valence-electron chi connectivity index (χ0n) is 13.6. The standard InChI is InChI=1S/C16H22ClN3O3S/c1-24(22,23)19-15-3-2-13(17)8-14(15)16(21)20-6-4-11-9-18-10-12(11)5-7-20/h2-3,8,11-12,18-19H,4-7,9-10H2,1H3/t11-,12+. The van der Waals surface area contributed by atoms with E-state index in [4.69, 9.17) is 11.6 Å². The summed E-state index contributed by atoms with van der Waals surface area (Å²) >= 11 is 6.02. The molecule has 0 aliphatic carbocycles. The monoisotopic (exact) mass is 371 g/mol. The van der Waals surface area contributed by atoms with Gasteiger partial charge in [0.05, 0.1) is 17.5 Å². The van der Waals surface area contributed by atoms with Gasteiger partial charge in [-0.25, -0.2) is 8.42 Å². The molecule has 8 heteroatoms. The molecule has 2 N–H and O–H groups in total. The molecule has 2 aliphatic heterocycles. The van der Waals surface area contributed by atoms with Gasteiger partial charge in [-0.3, -0.25) is 9.52 Å². The van der Waals surface area contributed by atoms with Crippen LogP contribution in [0.5, 0.6) is 0 Å². The second-order valence-electron chi connectivity index (χ2n) is 6.61. The van der Waals surface area contributed by atoms with Gasteiger partial charge in [-0.1, -0.05) is 11.6 Å². The van der Waals surface area contributed by atoms with Crippen molar-refractivity contribution in [3.63, 3.8) is 0 Å². The van der Waals surface area contributed by atoms with Gasteiger partial charge in [0.15, 0.2) is 0 Å². The van der Waals surface area contributed by atoms with Gasteiger partial charge in [-0.05, 0) is 56.0 Å². The Balaban J connectivity index is 1.82. The van der Waals surface area contributed by atoms with E-state index in [1.54, 1.807) is 6.07 Å². The molecular weight excluding hydrogens is 350 g/mol. The first-order valence-corrected chi connectivity index (χ1v) is 10.4. The number of nitrogens with zero attached hydrogens (tertiary/aromatic N) is 1. The maximum atomic E-state index is 12.9. The molecule has 0 saturated carbocycles. The minimum absolute atomic E-state index is 0.170. The highest BCUT2D eigenvalue weighted by Gasteiger charge is 2.32. The third kappa shape index (κ3) is 4.02. The maximum Gasteiger partial charge on any atom is 0.256 e. The summed E-state index contributed by atoms with van der Waals surface area (Å²) in [6, 6.07) is 4.64. The number of hydrogen-bond acceptors (Lipinski definition) is 4. The molecule has 2 heterocycles. The number of fused-ring (bicyclic) bond motifs is 1. The van der Waals surface area contributed by atoms with Gasteiger partial charge in [0.25, 0.3) is 5.91 Å². The summed E-state index contributed by atoms with van der Waals surface area (Å²) in [5, 5.41) is 3.82. The highest BCUT2D eigenvalue weighted by molar-refractivity contribution is 7.92. The predicted molar refractivity (Wildman–Crippen MR) is 94.9 cm³/mol. The SMILES string of the molecule is CS(=O)(=O)Nc1ccc(Cl)cc1C(=O)N1CC[C@@H]2CNC[C@@H]2CC1. The molecule has 1 aromatic carbocycles. The van der Waals surface area contributed by atoms with E-state index in [9.17, 15) is 13.2 Å². The summed E-state index contributed by atoms with van der Waals surface area (Å²) in [5.41, 5.74) is 0.580. The van der Waals surface area contributed by atoms with Crippen molar-refractivity contribution in [3.8, 4) is 0 Å². The number of sulfonamides is 1. The highest BCUT2D eigenvalue weighted by atomic mass is 35.5. The molecule has 2 atom stereocenters. The molecule has 2 aliphatic rings. The Morgan fingerprint density at radius 2 is 1.88 bits per heavy atom. The Hall–Kier alpha value is -1.31. The summed E-state index contributed by atoms with van der Waals surface area (Å²) < 4.78 is 25.5. The van der Waals surface area contributed by atoms with E-state index in [1.165, 1.54) is 12.1 Å². The van der Waals surface area contributed by atoms with Crippen LogP contribution in [0.3, 0.4) is 0 Å². The van der Waals surface area contributed by atoms with E-state index in [1.807, 2.05) is 4.90 Å². The van der Waals surface area contributed by atoms with Crippen molar-refractivity contribution in [1.82, 2.24) is 10.2 Å².